The van der Waals surface area contributed by atoms with Crippen molar-refractivity contribution in [2.24, 2.45) is 5.84 Å². The molecule has 21 heavy (non-hydrogen) atoms. The van der Waals surface area contributed by atoms with Crippen LogP contribution < -0.4 is 11.3 Å². The lowest BCUT2D eigenvalue weighted by atomic mass is 10.1. The van der Waals surface area contributed by atoms with Crippen molar-refractivity contribution in [3.05, 3.63) is 41.6 Å². The van der Waals surface area contributed by atoms with Gasteiger partial charge < -0.3 is 10.2 Å². The molecule has 1 aromatic heterocycles. The topological polar surface area (TPSA) is 73.1 Å². The maximum Gasteiger partial charge on any atom is 0.416 e. The summed E-state index contributed by atoms with van der Waals surface area (Å²) in [5, 5.41) is 0. The zero-order chi connectivity index (χ0) is 15.5. The predicted octanol–water partition coefficient (Wildman–Crippen LogP) is 2.59. The van der Waals surface area contributed by atoms with Gasteiger partial charge in [-0.15, -0.1) is 0 Å². The number of nitrogens with one attached hydrogen (secondary N) is 1. The number of benzene rings is 1. The molecule has 0 saturated heterocycles. The molecule has 2 rings (SSSR count). The third-order valence-corrected chi connectivity index (χ3v) is 2.69. The van der Waals surface area contributed by atoms with E-state index in [0.29, 0.717) is 17.1 Å². The van der Waals surface area contributed by atoms with Gasteiger partial charge in [0.2, 0.25) is 0 Å². The molecule has 1 aromatic carbocycles. The number of nitrogens with zero attached hydrogens (tertiary/aromatic N) is 2. The van der Waals surface area contributed by atoms with E-state index in [0.717, 1.165) is 12.1 Å². The zero-order valence-corrected chi connectivity index (χ0v) is 11.1. The second-order valence-corrected chi connectivity index (χ2v) is 4.22. The molecule has 0 aliphatic carbocycles. The maximum atomic E-state index is 12.5. The third kappa shape index (κ3) is 3.67. The molecular weight excluding hydrogens is 285 g/mol. The van der Waals surface area contributed by atoms with Gasteiger partial charge in [0, 0.05) is 18.7 Å². The second-order valence-electron chi connectivity index (χ2n) is 4.22. The van der Waals surface area contributed by atoms with Crippen molar-refractivity contribution in [3.63, 3.8) is 0 Å². The summed E-state index contributed by atoms with van der Waals surface area (Å²) >= 11 is 0. The molecule has 112 valence electrons. The minimum absolute atomic E-state index is 0.241. The number of hydrazine groups is 1. The van der Waals surface area contributed by atoms with Crippen molar-refractivity contribution in [1.29, 1.82) is 0 Å². The van der Waals surface area contributed by atoms with Gasteiger partial charge in [-0.1, -0.05) is 12.1 Å². The number of hydrogen-bond donors (Lipinski definition) is 2. The Kier molecular flexibility index (Phi) is 4.39. The smallest absolute Gasteiger partial charge is 0.378 e. The van der Waals surface area contributed by atoms with Crippen molar-refractivity contribution in [1.82, 2.24) is 9.97 Å². The molecule has 0 aliphatic heterocycles. The highest BCUT2D eigenvalue weighted by Crippen LogP contribution is 2.30. The summed E-state index contributed by atoms with van der Waals surface area (Å²) in [6.07, 6.45) is -4.37. The van der Waals surface area contributed by atoms with Gasteiger partial charge in [0.25, 0.3) is 0 Å². The van der Waals surface area contributed by atoms with Crippen molar-refractivity contribution in [2.75, 3.05) is 12.5 Å². The number of nitrogens with two attached hydrogens (primary N) is 1. The van der Waals surface area contributed by atoms with Gasteiger partial charge in [0.1, 0.15) is 5.82 Å². The largest absolute Gasteiger partial charge is 0.416 e. The van der Waals surface area contributed by atoms with E-state index in [4.69, 9.17) is 10.6 Å². The fourth-order valence-electron chi connectivity index (χ4n) is 1.73. The van der Waals surface area contributed by atoms with Crippen LogP contribution in [0, 0.1) is 0 Å². The molecule has 0 spiro atoms. The molecule has 0 saturated carbocycles. The first-order chi connectivity index (χ1) is 9.94. The summed E-state index contributed by atoms with van der Waals surface area (Å²) < 4.78 is 42.6. The molecule has 0 fully saturated rings. The van der Waals surface area contributed by atoms with Crippen molar-refractivity contribution in [2.45, 2.75) is 12.8 Å². The standard InChI is InChI=1S/C13H13F3N4O/c1-21-7-10-6-11(20-17)19-12(18-10)8-2-4-9(5-3-8)13(14,15)16/h2-6H,7,17H2,1H3,(H,18,19,20). The summed E-state index contributed by atoms with van der Waals surface area (Å²) in [5.41, 5.74) is 2.68. The number of ether oxygens (including phenoxy) is 1. The Morgan fingerprint density at radius 3 is 2.38 bits per heavy atom. The Morgan fingerprint density at radius 1 is 1.19 bits per heavy atom. The van der Waals surface area contributed by atoms with Crippen LogP contribution in [0.25, 0.3) is 11.4 Å². The highest BCUT2D eigenvalue weighted by atomic mass is 19.4. The van der Waals surface area contributed by atoms with Crippen LogP contribution in [0.2, 0.25) is 0 Å². The molecule has 5 nitrogen and oxygen atoms in total. The lowest BCUT2D eigenvalue weighted by molar-refractivity contribution is -0.137. The van der Waals surface area contributed by atoms with Gasteiger partial charge in [0.15, 0.2) is 5.82 Å². The van der Waals surface area contributed by atoms with Gasteiger partial charge in [-0.3, -0.25) is 0 Å². The highest BCUT2D eigenvalue weighted by Gasteiger charge is 2.30. The van der Waals surface area contributed by atoms with Crippen molar-refractivity contribution in [3.8, 4) is 11.4 Å². The molecular formula is C13H13F3N4O. The Bertz CT molecular complexity index is 614. The second kappa shape index (κ2) is 6.06. The number of nitrogen functional groups attached to an aromatic ring is 1. The number of alkyl halides is 3. The van der Waals surface area contributed by atoms with Crippen LogP contribution in [0.1, 0.15) is 11.3 Å². The van der Waals surface area contributed by atoms with Crippen LogP contribution in [0.4, 0.5) is 19.0 Å². The maximum absolute atomic E-state index is 12.5. The van der Waals surface area contributed by atoms with Crippen LogP contribution >= 0.6 is 0 Å². The summed E-state index contributed by atoms with van der Waals surface area (Å²) in [7, 11) is 1.51. The van der Waals surface area contributed by atoms with Crippen LogP contribution in [0.3, 0.4) is 0 Å². The molecule has 0 aliphatic rings. The van der Waals surface area contributed by atoms with E-state index < -0.39 is 11.7 Å². The SMILES string of the molecule is COCc1cc(NN)nc(-c2ccc(C(F)(F)F)cc2)n1. The van der Waals surface area contributed by atoms with Crippen LogP contribution in [0.15, 0.2) is 30.3 Å². The van der Waals surface area contributed by atoms with Gasteiger partial charge in [-0.25, -0.2) is 15.8 Å². The number of rotatable bonds is 4. The molecule has 0 amide bonds. The van der Waals surface area contributed by atoms with Crippen LogP contribution in [-0.4, -0.2) is 17.1 Å². The lowest BCUT2D eigenvalue weighted by Gasteiger charge is -2.09. The van der Waals surface area contributed by atoms with Crippen LogP contribution in [-0.2, 0) is 17.5 Å². The van der Waals surface area contributed by atoms with Gasteiger partial charge in [-0.05, 0) is 12.1 Å². The summed E-state index contributed by atoms with van der Waals surface area (Å²) in [6.45, 7) is 0.241. The van der Waals surface area contributed by atoms with Gasteiger partial charge in [-0.2, -0.15) is 13.2 Å². The fraction of sp³-hybridized carbons (Fsp3) is 0.231. The third-order valence-electron chi connectivity index (χ3n) is 2.69. The van der Waals surface area contributed by atoms with E-state index in [1.165, 1.54) is 19.2 Å². The van der Waals surface area contributed by atoms with E-state index in [2.05, 4.69) is 15.4 Å². The van der Waals surface area contributed by atoms with Gasteiger partial charge in [0.05, 0.1) is 17.9 Å². The number of aromatic nitrogens is 2. The van der Waals surface area contributed by atoms with Crippen molar-refractivity contribution < 1.29 is 17.9 Å². The number of halogens is 3. The Labute approximate surface area is 118 Å². The Hall–Kier alpha value is -2.19. The van der Waals surface area contributed by atoms with Crippen molar-refractivity contribution >= 4 is 5.82 Å². The predicted molar refractivity (Wildman–Crippen MR) is 71.0 cm³/mol. The Balaban J connectivity index is 2.39. The number of methoxy groups -OCH3 is 1. The molecule has 0 unspecified atom stereocenters. The first kappa shape index (κ1) is 15.2. The van der Waals surface area contributed by atoms with E-state index in [1.54, 1.807) is 6.07 Å². The van der Waals surface area contributed by atoms with E-state index in [-0.39, 0.29) is 12.4 Å². The lowest BCUT2D eigenvalue weighted by Crippen LogP contribution is -2.11. The summed E-state index contributed by atoms with van der Waals surface area (Å²) in [4.78, 5) is 8.33. The average molecular weight is 298 g/mol. The summed E-state index contributed by atoms with van der Waals surface area (Å²) in [6, 6.07) is 6.19. The molecule has 0 radical (unpaired) electrons. The average Bonchev–Trinajstić information content (AvgIpc) is 2.46. The fourth-order valence-corrected chi connectivity index (χ4v) is 1.73. The first-order valence-corrected chi connectivity index (χ1v) is 5.95. The van der Waals surface area contributed by atoms with Gasteiger partial charge >= 0.3 is 6.18 Å². The normalized spacial score (nSPS) is 11.5. The van der Waals surface area contributed by atoms with E-state index in [9.17, 15) is 13.2 Å². The first-order valence-electron chi connectivity index (χ1n) is 5.95. The molecule has 2 aromatic rings. The molecule has 0 bridgehead atoms. The van der Waals surface area contributed by atoms with E-state index >= 15 is 0 Å². The monoisotopic (exact) mass is 298 g/mol. The summed E-state index contributed by atoms with van der Waals surface area (Å²) in [5.74, 6) is 5.94. The minimum atomic E-state index is -4.37. The van der Waals surface area contributed by atoms with Crippen LogP contribution in [0.5, 0.6) is 0 Å². The number of hydrogen-bond acceptors (Lipinski definition) is 5. The minimum Gasteiger partial charge on any atom is -0.378 e. The molecule has 8 heteroatoms. The molecule has 1 heterocycles. The molecule has 3 N–H and O–H groups in total. The quantitative estimate of drug-likeness (QED) is 0.670. The van der Waals surface area contributed by atoms with E-state index in [1.807, 2.05) is 0 Å². The zero-order valence-electron chi connectivity index (χ0n) is 11.1. The highest BCUT2D eigenvalue weighted by molar-refractivity contribution is 5.58. The number of anilines is 1. The molecule has 0 atom stereocenters. The Morgan fingerprint density at radius 2 is 1.86 bits per heavy atom.